The van der Waals surface area contributed by atoms with E-state index in [4.69, 9.17) is 11.6 Å². The van der Waals surface area contributed by atoms with Gasteiger partial charge in [0.25, 0.3) is 0 Å². The van der Waals surface area contributed by atoms with Gasteiger partial charge in [-0.25, -0.2) is 10.2 Å². The topological polar surface area (TPSA) is 78.8 Å². The molecule has 0 bridgehead atoms. The summed E-state index contributed by atoms with van der Waals surface area (Å²) in [5.74, 6) is -1.66. The molecular formula is C16H13ClN2O3. The number of carbonyl (C=O) groups excluding carboxylic acids is 1. The van der Waals surface area contributed by atoms with Crippen LogP contribution in [-0.2, 0) is 16.0 Å². The SMILES string of the molecule is O=C(Cc1ccccc1Cl)N/N=C(/C(=O)O)c1ccccc1. The number of halogens is 1. The maximum absolute atomic E-state index is 11.9. The van der Waals surface area contributed by atoms with Gasteiger partial charge in [-0.15, -0.1) is 0 Å². The van der Waals surface area contributed by atoms with E-state index < -0.39 is 11.9 Å². The first-order chi connectivity index (χ1) is 10.6. The van der Waals surface area contributed by atoms with Crippen LogP contribution in [-0.4, -0.2) is 22.7 Å². The fourth-order valence-corrected chi connectivity index (χ4v) is 2.01. The van der Waals surface area contributed by atoms with Gasteiger partial charge in [0.15, 0.2) is 5.71 Å². The molecule has 0 radical (unpaired) electrons. The Hall–Kier alpha value is -2.66. The van der Waals surface area contributed by atoms with Crippen LogP contribution in [0.2, 0.25) is 5.02 Å². The Morgan fingerprint density at radius 3 is 2.32 bits per heavy atom. The van der Waals surface area contributed by atoms with Crippen molar-refractivity contribution < 1.29 is 14.7 Å². The molecule has 5 nitrogen and oxygen atoms in total. The van der Waals surface area contributed by atoms with Gasteiger partial charge in [0, 0.05) is 10.6 Å². The van der Waals surface area contributed by atoms with Gasteiger partial charge in [0.05, 0.1) is 6.42 Å². The predicted molar refractivity (Wildman–Crippen MR) is 83.9 cm³/mol. The van der Waals surface area contributed by atoms with Gasteiger partial charge >= 0.3 is 5.97 Å². The smallest absolute Gasteiger partial charge is 0.356 e. The lowest BCUT2D eigenvalue weighted by molar-refractivity contribution is -0.129. The first-order valence-corrected chi connectivity index (χ1v) is 6.84. The van der Waals surface area contributed by atoms with E-state index in [2.05, 4.69) is 10.5 Å². The van der Waals surface area contributed by atoms with Gasteiger partial charge in [-0.1, -0.05) is 60.1 Å². The van der Waals surface area contributed by atoms with Gasteiger partial charge in [-0.2, -0.15) is 5.10 Å². The molecule has 2 aromatic rings. The molecule has 22 heavy (non-hydrogen) atoms. The van der Waals surface area contributed by atoms with E-state index in [0.717, 1.165) is 0 Å². The van der Waals surface area contributed by atoms with Gasteiger partial charge in [0.1, 0.15) is 0 Å². The number of hydrogen-bond acceptors (Lipinski definition) is 3. The number of aliphatic carboxylic acids is 1. The van der Waals surface area contributed by atoms with E-state index in [1.165, 1.54) is 0 Å². The maximum atomic E-state index is 11.9. The number of nitrogens with zero attached hydrogens (tertiary/aromatic N) is 1. The van der Waals surface area contributed by atoms with Crippen molar-refractivity contribution in [2.45, 2.75) is 6.42 Å². The molecule has 0 spiro atoms. The van der Waals surface area contributed by atoms with Crippen molar-refractivity contribution in [2.24, 2.45) is 5.10 Å². The minimum absolute atomic E-state index is 0.0187. The summed E-state index contributed by atoms with van der Waals surface area (Å²) in [6.07, 6.45) is 0.0187. The molecule has 0 atom stereocenters. The summed E-state index contributed by atoms with van der Waals surface area (Å²) in [5, 5.41) is 13.3. The van der Waals surface area contributed by atoms with Crippen LogP contribution in [0.5, 0.6) is 0 Å². The summed E-state index contributed by atoms with van der Waals surface area (Å²) < 4.78 is 0. The molecule has 0 saturated carbocycles. The van der Waals surface area contributed by atoms with Crippen LogP contribution < -0.4 is 5.43 Å². The fraction of sp³-hybridized carbons (Fsp3) is 0.0625. The monoisotopic (exact) mass is 316 g/mol. The Bertz CT molecular complexity index is 714. The molecule has 2 rings (SSSR count). The number of hydrogen-bond donors (Lipinski definition) is 2. The van der Waals surface area contributed by atoms with Gasteiger partial charge < -0.3 is 5.11 Å². The zero-order chi connectivity index (χ0) is 15.9. The van der Waals surface area contributed by atoms with Crippen molar-refractivity contribution in [3.8, 4) is 0 Å². The number of carboxylic acid groups (broad SMARTS) is 1. The zero-order valence-electron chi connectivity index (χ0n) is 11.5. The highest BCUT2D eigenvalue weighted by atomic mass is 35.5. The number of benzene rings is 2. The van der Waals surface area contributed by atoms with Gasteiger partial charge in [-0.3, -0.25) is 4.79 Å². The molecule has 6 heteroatoms. The molecular weight excluding hydrogens is 304 g/mol. The molecule has 0 heterocycles. The molecule has 1 amide bonds. The summed E-state index contributed by atoms with van der Waals surface area (Å²) in [4.78, 5) is 23.1. The number of nitrogens with one attached hydrogen (secondary N) is 1. The Kier molecular flexibility index (Phi) is 5.27. The summed E-state index contributed by atoms with van der Waals surface area (Å²) >= 11 is 5.97. The second-order valence-electron chi connectivity index (χ2n) is 4.43. The normalized spacial score (nSPS) is 11.0. The second kappa shape index (κ2) is 7.38. The Morgan fingerprint density at radius 1 is 1.05 bits per heavy atom. The molecule has 0 aliphatic heterocycles. The lowest BCUT2D eigenvalue weighted by Crippen LogP contribution is -2.25. The third-order valence-electron chi connectivity index (χ3n) is 2.85. The quantitative estimate of drug-likeness (QED) is 0.657. The van der Waals surface area contributed by atoms with Crippen molar-refractivity contribution in [3.05, 3.63) is 70.7 Å². The lowest BCUT2D eigenvalue weighted by Gasteiger charge is -2.05. The lowest BCUT2D eigenvalue weighted by atomic mass is 10.1. The van der Waals surface area contributed by atoms with E-state index in [9.17, 15) is 14.7 Å². The summed E-state index contributed by atoms with van der Waals surface area (Å²) in [6.45, 7) is 0. The number of carboxylic acids is 1. The number of rotatable bonds is 5. The third kappa shape index (κ3) is 4.17. The molecule has 0 aliphatic carbocycles. The van der Waals surface area contributed by atoms with Crippen LogP contribution in [0.1, 0.15) is 11.1 Å². The fourth-order valence-electron chi connectivity index (χ4n) is 1.80. The van der Waals surface area contributed by atoms with Crippen molar-refractivity contribution >= 4 is 29.2 Å². The molecule has 0 aromatic heterocycles. The molecule has 0 fully saturated rings. The standard InChI is InChI=1S/C16H13ClN2O3/c17-13-9-5-4-8-12(13)10-14(20)18-19-15(16(21)22)11-6-2-1-3-7-11/h1-9H,10H2,(H,18,20)(H,21,22)/b19-15+. The van der Waals surface area contributed by atoms with Gasteiger partial charge in [-0.05, 0) is 11.6 Å². The molecule has 0 saturated heterocycles. The number of amides is 1. The van der Waals surface area contributed by atoms with Crippen molar-refractivity contribution in [2.75, 3.05) is 0 Å². The van der Waals surface area contributed by atoms with Crippen LogP contribution in [0, 0.1) is 0 Å². The van der Waals surface area contributed by atoms with E-state index in [-0.39, 0.29) is 12.1 Å². The highest BCUT2D eigenvalue weighted by molar-refractivity contribution is 6.42. The summed E-state index contributed by atoms with van der Waals surface area (Å²) in [6, 6.07) is 15.3. The largest absolute Gasteiger partial charge is 0.476 e. The van der Waals surface area contributed by atoms with E-state index >= 15 is 0 Å². The van der Waals surface area contributed by atoms with Crippen molar-refractivity contribution in [1.29, 1.82) is 0 Å². The number of carbonyl (C=O) groups is 2. The van der Waals surface area contributed by atoms with Gasteiger partial charge in [0.2, 0.25) is 5.91 Å². The Balaban J connectivity index is 2.10. The second-order valence-corrected chi connectivity index (χ2v) is 4.84. The first-order valence-electron chi connectivity index (χ1n) is 6.46. The minimum atomic E-state index is -1.22. The van der Waals surface area contributed by atoms with E-state index in [1.54, 1.807) is 54.6 Å². The van der Waals surface area contributed by atoms with Crippen molar-refractivity contribution in [1.82, 2.24) is 5.43 Å². The first kappa shape index (κ1) is 15.7. The van der Waals surface area contributed by atoms with Crippen LogP contribution in [0.3, 0.4) is 0 Å². The zero-order valence-corrected chi connectivity index (χ0v) is 12.2. The van der Waals surface area contributed by atoms with Crippen LogP contribution in [0.4, 0.5) is 0 Å². The average Bonchev–Trinajstić information content (AvgIpc) is 2.50. The number of hydrazone groups is 1. The highest BCUT2D eigenvalue weighted by Crippen LogP contribution is 2.15. The molecule has 2 N–H and O–H groups in total. The summed E-state index contributed by atoms with van der Waals surface area (Å²) in [7, 11) is 0. The predicted octanol–water partition coefficient (Wildman–Crippen LogP) is 2.49. The Labute approximate surface area is 132 Å². The molecule has 2 aromatic carbocycles. The van der Waals surface area contributed by atoms with Crippen LogP contribution >= 0.6 is 11.6 Å². The van der Waals surface area contributed by atoms with Crippen LogP contribution in [0.15, 0.2) is 59.7 Å². The molecule has 112 valence electrons. The third-order valence-corrected chi connectivity index (χ3v) is 3.22. The minimum Gasteiger partial charge on any atom is -0.476 e. The van der Waals surface area contributed by atoms with E-state index in [1.807, 2.05) is 0 Å². The molecule has 0 aliphatic rings. The Morgan fingerprint density at radius 2 is 1.68 bits per heavy atom. The van der Waals surface area contributed by atoms with Crippen molar-refractivity contribution in [3.63, 3.8) is 0 Å². The maximum Gasteiger partial charge on any atom is 0.356 e. The molecule has 0 unspecified atom stereocenters. The van der Waals surface area contributed by atoms with Crippen LogP contribution in [0.25, 0.3) is 0 Å². The average molecular weight is 317 g/mol. The summed E-state index contributed by atoms with van der Waals surface area (Å²) in [5.41, 5.74) is 3.08. The highest BCUT2D eigenvalue weighted by Gasteiger charge is 2.13. The van der Waals surface area contributed by atoms with E-state index in [0.29, 0.717) is 16.1 Å².